The van der Waals surface area contributed by atoms with Crippen molar-refractivity contribution >= 4 is 34.1 Å². The predicted octanol–water partition coefficient (Wildman–Crippen LogP) is 4.66. The van der Waals surface area contributed by atoms with Crippen molar-refractivity contribution < 1.29 is 13.9 Å². The summed E-state index contributed by atoms with van der Waals surface area (Å²) in [5, 5.41) is 0. The van der Waals surface area contributed by atoms with E-state index in [2.05, 4.69) is 20.9 Å². The minimum absolute atomic E-state index is 0.338. The molecule has 0 bridgehead atoms. The van der Waals surface area contributed by atoms with E-state index in [0.717, 1.165) is 15.6 Å². The van der Waals surface area contributed by atoms with Gasteiger partial charge in [-0.2, -0.15) is 0 Å². The number of aromatic nitrogens is 1. The van der Waals surface area contributed by atoms with E-state index in [4.69, 9.17) is 9.15 Å². The molecule has 1 unspecified atom stereocenters. The van der Waals surface area contributed by atoms with Gasteiger partial charge in [-0.25, -0.2) is 4.98 Å². The molecular weight excluding hydrogens is 370 g/mol. The second-order valence-electron chi connectivity index (χ2n) is 5.38. The van der Waals surface area contributed by atoms with Crippen molar-refractivity contribution in [2.75, 3.05) is 0 Å². The SMILES string of the molecule is O=C1Oc2ccccc2C1c1cnc(/C=C/c2cccc(Br)c2)o1. The van der Waals surface area contributed by atoms with Crippen LogP contribution in [0.4, 0.5) is 0 Å². The molecule has 0 fully saturated rings. The highest BCUT2D eigenvalue weighted by Crippen LogP contribution is 2.39. The van der Waals surface area contributed by atoms with Gasteiger partial charge in [0, 0.05) is 16.1 Å². The van der Waals surface area contributed by atoms with Crippen LogP contribution >= 0.6 is 15.9 Å². The summed E-state index contributed by atoms with van der Waals surface area (Å²) in [6.45, 7) is 0. The average Bonchev–Trinajstić information content (AvgIpc) is 3.16. The van der Waals surface area contributed by atoms with Crippen molar-refractivity contribution in [1.82, 2.24) is 4.98 Å². The quantitative estimate of drug-likeness (QED) is 0.489. The molecule has 2 heterocycles. The maximum atomic E-state index is 12.1. The molecule has 0 saturated heterocycles. The topological polar surface area (TPSA) is 52.3 Å². The van der Waals surface area contributed by atoms with Crippen LogP contribution < -0.4 is 4.74 Å². The average molecular weight is 382 g/mol. The number of carbonyl (C=O) groups excluding carboxylic acids is 1. The Kier molecular flexibility index (Phi) is 3.78. The van der Waals surface area contributed by atoms with Gasteiger partial charge in [0.2, 0.25) is 5.89 Å². The maximum Gasteiger partial charge on any atom is 0.326 e. The molecule has 118 valence electrons. The van der Waals surface area contributed by atoms with Gasteiger partial charge in [-0.3, -0.25) is 4.79 Å². The highest BCUT2D eigenvalue weighted by Gasteiger charge is 2.36. The number of hydrogen-bond acceptors (Lipinski definition) is 4. The van der Waals surface area contributed by atoms with E-state index in [-0.39, 0.29) is 5.97 Å². The van der Waals surface area contributed by atoms with Gasteiger partial charge in [0.25, 0.3) is 0 Å². The largest absolute Gasteiger partial charge is 0.441 e. The standard InChI is InChI=1S/C19H12BrNO3/c20-13-5-3-4-12(10-13)8-9-17-21-11-16(23-17)18-14-6-1-2-7-15(14)24-19(18)22/h1-11,18H/b9-8+. The van der Waals surface area contributed by atoms with Crippen molar-refractivity contribution in [2.24, 2.45) is 0 Å². The van der Waals surface area contributed by atoms with Gasteiger partial charge < -0.3 is 9.15 Å². The van der Waals surface area contributed by atoms with Crippen LogP contribution in [0.3, 0.4) is 0 Å². The Morgan fingerprint density at radius 3 is 2.83 bits per heavy atom. The van der Waals surface area contributed by atoms with Crippen LogP contribution in [0.5, 0.6) is 5.75 Å². The number of benzene rings is 2. The van der Waals surface area contributed by atoms with E-state index in [0.29, 0.717) is 17.4 Å². The maximum absolute atomic E-state index is 12.1. The summed E-state index contributed by atoms with van der Waals surface area (Å²) in [4.78, 5) is 16.4. The van der Waals surface area contributed by atoms with E-state index in [1.165, 1.54) is 0 Å². The molecule has 1 aliphatic rings. The molecular formula is C19H12BrNO3. The number of rotatable bonds is 3. The second kappa shape index (κ2) is 6.09. The summed E-state index contributed by atoms with van der Waals surface area (Å²) in [6, 6.07) is 15.2. The fourth-order valence-corrected chi connectivity index (χ4v) is 3.08. The summed E-state index contributed by atoms with van der Waals surface area (Å²) < 4.78 is 12.0. The number of ether oxygens (including phenoxy) is 1. The molecule has 4 rings (SSSR count). The monoisotopic (exact) mass is 381 g/mol. The van der Waals surface area contributed by atoms with Gasteiger partial charge in [-0.05, 0) is 29.8 Å². The first-order valence-electron chi connectivity index (χ1n) is 7.41. The third-order valence-electron chi connectivity index (χ3n) is 3.77. The molecule has 0 aliphatic carbocycles. The molecule has 0 amide bonds. The lowest BCUT2D eigenvalue weighted by atomic mass is 9.99. The number of para-hydroxylation sites is 1. The number of oxazole rings is 1. The zero-order valence-corrected chi connectivity index (χ0v) is 14.1. The first kappa shape index (κ1) is 14.9. The van der Waals surface area contributed by atoms with Crippen molar-refractivity contribution in [3.63, 3.8) is 0 Å². The highest BCUT2D eigenvalue weighted by molar-refractivity contribution is 9.10. The minimum Gasteiger partial charge on any atom is -0.441 e. The van der Waals surface area contributed by atoms with Crippen molar-refractivity contribution in [3.8, 4) is 5.75 Å². The fraction of sp³-hybridized carbons (Fsp3) is 0.0526. The van der Waals surface area contributed by atoms with Gasteiger partial charge in [-0.1, -0.05) is 46.3 Å². The summed E-state index contributed by atoms with van der Waals surface area (Å²) in [6.07, 6.45) is 5.26. The number of esters is 1. The van der Waals surface area contributed by atoms with Gasteiger partial charge in [0.15, 0.2) is 0 Å². The first-order chi connectivity index (χ1) is 11.7. The normalized spacial score (nSPS) is 16.4. The van der Waals surface area contributed by atoms with Gasteiger partial charge in [-0.15, -0.1) is 0 Å². The van der Waals surface area contributed by atoms with Gasteiger partial charge in [0.1, 0.15) is 17.4 Å². The lowest BCUT2D eigenvalue weighted by Gasteiger charge is -2.01. The van der Waals surface area contributed by atoms with Crippen LogP contribution in [0, 0.1) is 0 Å². The van der Waals surface area contributed by atoms with Crippen LogP contribution in [0.2, 0.25) is 0 Å². The van der Waals surface area contributed by atoms with Crippen LogP contribution in [0.15, 0.2) is 63.6 Å². The molecule has 5 heteroatoms. The molecule has 4 nitrogen and oxygen atoms in total. The van der Waals surface area contributed by atoms with E-state index >= 15 is 0 Å². The Bertz CT molecular complexity index is 945. The lowest BCUT2D eigenvalue weighted by molar-refractivity contribution is -0.133. The third kappa shape index (κ3) is 2.78. The zero-order valence-electron chi connectivity index (χ0n) is 12.5. The molecule has 3 aromatic rings. The Morgan fingerprint density at radius 1 is 1.08 bits per heavy atom. The van der Waals surface area contributed by atoms with Crippen molar-refractivity contribution in [1.29, 1.82) is 0 Å². The zero-order chi connectivity index (χ0) is 16.5. The summed E-state index contributed by atoms with van der Waals surface area (Å²) in [7, 11) is 0. The molecule has 1 aliphatic heterocycles. The van der Waals surface area contributed by atoms with Crippen molar-refractivity contribution in [3.05, 3.63) is 82.0 Å². The van der Waals surface area contributed by atoms with E-state index in [1.807, 2.05) is 48.5 Å². The van der Waals surface area contributed by atoms with Gasteiger partial charge in [0.05, 0.1) is 6.20 Å². The van der Waals surface area contributed by atoms with Crippen LogP contribution in [-0.2, 0) is 4.79 Å². The summed E-state index contributed by atoms with van der Waals surface area (Å²) in [5.74, 6) is 0.618. The number of fused-ring (bicyclic) bond motifs is 1. The Balaban J connectivity index is 1.60. The molecule has 1 atom stereocenters. The molecule has 0 N–H and O–H groups in total. The lowest BCUT2D eigenvalue weighted by Crippen LogP contribution is -2.10. The number of nitrogens with zero attached hydrogens (tertiary/aromatic N) is 1. The van der Waals surface area contributed by atoms with Crippen LogP contribution in [-0.4, -0.2) is 11.0 Å². The minimum atomic E-state index is -0.554. The Labute approximate surface area is 146 Å². The van der Waals surface area contributed by atoms with Crippen LogP contribution in [0.1, 0.15) is 28.7 Å². The number of carbonyl (C=O) groups is 1. The molecule has 1 aromatic heterocycles. The highest BCUT2D eigenvalue weighted by atomic mass is 79.9. The van der Waals surface area contributed by atoms with Crippen molar-refractivity contribution in [2.45, 2.75) is 5.92 Å². The molecule has 0 saturated carbocycles. The molecule has 2 aromatic carbocycles. The van der Waals surface area contributed by atoms with E-state index in [1.54, 1.807) is 18.3 Å². The molecule has 0 spiro atoms. The number of halogens is 1. The fourth-order valence-electron chi connectivity index (χ4n) is 2.66. The predicted molar refractivity (Wildman–Crippen MR) is 93.5 cm³/mol. The van der Waals surface area contributed by atoms with E-state index in [9.17, 15) is 4.79 Å². The first-order valence-corrected chi connectivity index (χ1v) is 8.20. The summed E-state index contributed by atoms with van der Waals surface area (Å²) >= 11 is 3.43. The summed E-state index contributed by atoms with van der Waals surface area (Å²) in [5.41, 5.74) is 1.83. The second-order valence-corrected chi connectivity index (χ2v) is 6.30. The van der Waals surface area contributed by atoms with Crippen LogP contribution in [0.25, 0.3) is 12.2 Å². The smallest absolute Gasteiger partial charge is 0.326 e. The molecule has 0 radical (unpaired) electrons. The van der Waals surface area contributed by atoms with E-state index < -0.39 is 5.92 Å². The van der Waals surface area contributed by atoms with Gasteiger partial charge >= 0.3 is 5.97 Å². The molecule has 24 heavy (non-hydrogen) atoms. The Hall–Kier alpha value is -2.66. The number of hydrogen-bond donors (Lipinski definition) is 0. The third-order valence-corrected chi connectivity index (χ3v) is 4.26. The Morgan fingerprint density at radius 2 is 1.96 bits per heavy atom.